The normalized spacial score (nSPS) is 10.6. The Labute approximate surface area is 129 Å². The lowest BCUT2D eigenvalue weighted by Gasteiger charge is -2.07. The van der Waals surface area contributed by atoms with Crippen molar-refractivity contribution in [3.63, 3.8) is 0 Å². The summed E-state index contributed by atoms with van der Waals surface area (Å²) >= 11 is 0. The van der Waals surface area contributed by atoms with Crippen LogP contribution in [-0.4, -0.2) is 12.6 Å². The van der Waals surface area contributed by atoms with Crippen LogP contribution in [0.5, 0.6) is 5.75 Å². The van der Waals surface area contributed by atoms with Crippen LogP contribution in [0.15, 0.2) is 54.6 Å². The highest BCUT2D eigenvalue weighted by Gasteiger charge is 2.03. The molecule has 0 N–H and O–H groups in total. The van der Waals surface area contributed by atoms with E-state index in [2.05, 4.69) is 0 Å². The van der Waals surface area contributed by atoms with E-state index in [1.165, 1.54) is 18.2 Å². The smallest absolute Gasteiger partial charge is 0.330 e. The van der Waals surface area contributed by atoms with E-state index in [1.807, 2.05) is 30.3 Å². The van der Waals surface area contributed by atoms with Crippen molar-refractivity contribution in [2.24, 2.45) is 0 Å². The Kier molecular flexibility index (Phi) is 5.72. The first-order chi connectivity index (χ1) is 10.7. The van der Waals surface area contributed by atoms with E-state index in [-0.39, 0.29) is 6.61 Å². The number of hydrogen-bond donors (Lipinski definition) is 0. The van der Waals surface area contributed by atoms with Gasteiger partial charge in [-0.25, -0.2) is 9.18 Å². The van der Waals surface area contributed by atoms with Gasteiger partial charge in [0.15, 0.2) is 0 Å². The lowest BCUT2D eigenvalue weighted by Crippen LogP contribution is -1.99. The van der Waals surface area contributed by atoms with Crippen molar-refractivity contribution in [1.82, 2.24) is 0 Å². The molecule has 0 radical (unpaired) electrons. The highest BCUT2D eigenvalue weighted by molar-refractivity contribution is 5.87. The van der Waals surface area contributed by atoms with Crippen LogP contribution in [0.25, 0.3) is 6.08 Å². The Morgan fingerprint density at radius 3 is 2.64 bits per heavy atom. The minimum Gasteiger partial charge on any atom is -0.489 e. The SMILES string of the molecule is CCOC(=O)/C=C/c1ccc(OCc2ccccc2)cc1F. The van der Waals surface area contributed by atoms with Crippen molar-refractivity contribution in [2.75, 3.05) is 6.61 Å². The fourth-order valence-electron chi connectivity index (χ4n) is 1.82. The van der Waals surface area contributed by atoms with E-state index in [4.69, 9.17) is 9.47 Å². The zero-order valence-electron chi connectivity index (χ0n) is 12.3. The summed E-state index contributed by atoms with van der Waals surface area (Å²) in [6.07, 6.45) is 2.58. The molecule has 0 heterocycles. The summed E-state index contributed by atoms with van der Waals surface area (Å²) in [6.45, 7) is 2.38. The van der Waals surface area contributed by atoms with Gasteiger partial charge in [0.05, 0.1) is 6.61 Å². The quantitative estimate of drug-likeness (QED) is 0.598. The third-order valence-corrected chi connectivity index (χ3v) is 2.91. The van der Waals surface area contributed by atoms with Crippen molar-refractivity contribution in [1.29, 1.82) is 0 Å². The molecule has 0 saturated carbocycles. The van der Waals surface area contributed by atoms with Gasteiger partial charge in [-0.05, 0) is 30.7 Å². The molecule has 0 spiro atoms. The van der Waals surface area contributed by atoms with Crippen LogP contribution in [-0.2, 0) is 16.1 Å². The number of ether oxygens (including phenoxy) is 2. The fraction of sp³-hybridized carbons (Fsp3) is 0.167. The molecular weight excluding hydrogens is 283 g/mol. The van der Waals surface area contributed by atoms with Crippen LogP contribution in [0.1, 0.15) is 18.1 Å². The summed E-state index contributed by atoms with van der Waals surface area (Å²) < 4.78 is 24.2. The van der Waals surface area contributed by atoms with Gasteiger partial charge < -0.3 is 9.47 Å². The molecule has 4 heteroatoms. The summed E-state index contributed by atoms with van der Waals surface area (Å²) in [5.41, 5.74) is 1.31. The van der Waals surface area contributed by atoms with Gasteiger partial charge in [0.1, 0.15) is 18.2 Å². The molecule has 0 aliphatic carbocycles. The zero-order chi connectivity index (χ0) is 15.8. The number of benzene rings is 2. The van der Waals surface area contributed by atoms with E-state index in [0.29, 0.717) is 17.9 Å². The van der Waals surface area contributed by atoms with Gasteiger partial charge in [-0.3, -0.25) is 0 Å². The molecule has 0 fully saturated rings. The molecule has 114 valence electrons. The number of carbonyl (C=O) groups is 1. The van der Waals surface area contributed by atoms with Crippen molar-refractivity contribution < 1.29 is 18.7 Å². The molecule has 2 aromatic carbocycles. The first kappa shape index (κ1) is 15.8. The van der Waals surface area contributed by atoms with E-state index in [0.717, 1.165) is 5.56 Å². The first-order valence-electron chi connectivity index (χ1n) is 7.00. The number of rotatable bonds is 6. The highest BCUT2D eigenvalue weighted by atomic mass is 19.1. The van der Waals surface area contributed by atoms with Crippen LogP contribution < -0.4 is 4.74 Å². The lowest BCUT2D eigenvalue weighted by atomic mass is 10.2. The maximum absolute atomic E-state index is 13.9. The molecule has 0 unspecified atom stereocenters. The molecule has 2 aromatic rings. The van der Waals surface area contributed by atoms with Crippen LogP contribution in [0.2, 0.25) is 0 Å². The summed E-state index contributed by atoms with van der Waals surface area (Å²) in [5.74, 6) is -0.507. The molecule has 0 aliphatic rings. The maximum atomic E-state index is 13.9. The Hall–Kier alpha value is -2.62. The van der Waals surface area contributed by atoms with Gasteiger partial charge in [-0.15, -0.1) is 0 Å². The van der Waals surface area contributed by atoms with Crippen LogP contribution in [0.3, 0.4) is 0 Å². The predicted molar refractivity (Wildman–Crippen MR) is 82.8 cm³/mol. The van der Waals surface area contributed by atoms with E-state index in [1.54, 1.807) is 19.1 Å². The van der Waals surface area contributed by atoms with Crippen molar-refractivity contribution >= 4 is 12.0 Å². The van der Waals surface area contributed by atoms with Gasteiger partial charge in [-0.2, -0.15) is 0 Å². The molecule has 0 amide bonds. The molecule has 0 atom stereocenters. The van der Waals surface area contributed by atoms with Crippen LogP contribution >= 0.6 is 0 Å². The fourth-order valence-corrected chi connectivity index (χ4v) is 1.82. The first-order valence-corrected chi connectivity index (χ1v) is 7.00. The minimum absolute atomic E-state index is 0.290. The van der Waals surface area contributed by atoms with Crippen molar-refractivity contribution in [2.45, 2.75) is 13.5 Å². The van der Waals surface area contributed by atoms with Gasteiger partial charge in [0.25, 0.3) is 0 Å². The van der Waals surface area contributed by atoms with Gasteiger partial charge in [0.2, 0.25) is 0 Å². The minimum atomic E-state index is -0.494. The number of carbonyl (C=O) groups excluding carboxylic acids is 1. The second-order valence-electron chi connectivity index (χ2n) is 4.54. The second-order valence-corrected chi connectivity index (χ2v) is 4.54. The molecule has 22 heavy (non-hydrogen) atoms. The molecule has 0 aromatic heterocycles. The molecule has 0 saturated heterocycles. The van der Waals surface area contributed by atoms with Gasteiger partial charge >= 0.3 is 5.97 Å². The Balaban J connectivity index is 1.98. The topological polar surface area (TPSA) is 35.5 Å². The van der Waals surface area contributed by atoms with Gasteiger partial charge in [-0.1, -0.05) is 30.3 Å². The lowest BCUT2D eigenvalue weighted by molar-refractivity contribution is -0.137. The Bertz CT molecular complexity index is 651. The Morgan fingerprint density at radius 1 is 1.18 bits per heavy atom. The number of esters is 1. The van der Waals surface area contributed by atoms with E-state index in [9.17, 15) is 9.18 Å². The summed E-state index contributed by atoms with van der Waals surface area (Å²) in [6, 6.07) is 14.2. The average Bonchev–Trinajstić information content (AvgIpc) is 2.53. The summed E-state index contributed by atoms with van der Waals surface area (Å²) in [5, 5.41) is 0. The molecule has 0 bridgehead atoms. The highest BCUT2D eigenvalue weighted by Crippen LogP contribution is 2.19. The number of halogens is 1. The third-order valence-electron chi connectivity index (χ3n) is 2.91. The average molecular weight is 300 g/mol. The molecule has 2 rings (SSSR count). The summed E-state index contributed by atoms with van der Waals surface area (Å²) in [4.78, 5) is 11.2. The second kappa shape index (κ2) is 7.98. The molecular formula is C18H17FO3. The van der Waals surface area contributed by atoms with Crippen LogP contribution in [0, 0.1) is 5.82 Å². The van der Waals surface area contributed by atoms with E-state index >= 15 is 0 Å². The Morgan fingerprint density at radius 2 is 1.95 bits per heavy atom. The molecule has 0 aliphatic heterocycles. The predicted octanol–water partition coefficient (Wildman–Crippen LogP) is 3.98. The standard InChI is InChI=1S/C18H17FO3/c1-2-21-18(20)11-9-15-8-10-16(12-17(15)19)22-13-14-6-4-3-5-7-14/h3-12H,2,13H2,1H3/b11-9+. The molecule has 3 nitrogen and oxygen atoms in total. The monoisotopic (exact) mass is 300 g/mol. The van der Waals surface area contributed by atoms with Gasteiger partial charge in [0, 0.05) is 17.7 Å². The maximum Gasteiger partial charge on any atom is 0.330 e. The van der Waals surface area contributed by atoms with E-state index < -0.39 is 11.8 Å². The number of hydrogen-bond acceptors (Lipinski definition) is 3. The zero-order valence-corrected chi connectivity index (χ0v) is 12.3. The van der Waals surface area contributed by atoms with Crippen LogP contribution in [0.4, 0.5) is 4.39 Å². The van der Waals surface area contributed by atoms with Crippen molar-refractivity contribution in [3.05, 3.63) is 71.6 Å². The summed E-state index contributed by atoms with van der Waals surface area (Å²) in [7, 11) is 0. The van der Waals surface area contributed by atoms with Crippen molar-refractivity contribution in [3.8, 4) is 5.75 Å². The largest absolute Gasteiger partial charge is 0.489 e. The third kappa shape index (κ3) is 4.74.